The van der Waals surface area contributed by atoms with Gasteiger partial charge >= 0.3 is 0 Å². The Hall–Kier alpha value is -0.870. The first-order valence-electron chi connectivity index (χ1n) is 7.61. The van der Waals surface area contributed by atoms with E-state index in [9.17, 15) is 5.11 Å². The van der Waals surface area contributed by atoms with Crippen LogP contribution in [0.15, 0.2) is 12.4 Å². The molecule has 0 aliphatic heterocycles. The SMILES string of the molecule is CCn1cc(C(C)NCC2(O)CCCCCC2)cn1. The summed E-state index contributed by atoms with van der Waals surface area (Å²) in [6, 6.07) is 0.243. The number of hydrogen-bond donors (Lipinski definition) is 2. The molecule has 0 radical (unpaired) electrons. The molecule has 0 bridgehead atoms. The van der Waals surface area contributed by atoms with E-state index in [0.717, 1.165) is 32.2 Å². The number of aryl methyl sites for hydroxylation is 1. The first-order chi connectivity index (χ1) is 9.13. The van der Waals surface area contributed by atoms with Crippen molar-refractivity contribution in [2.24, 2.45) is 0 Å². The number of nitrogens with zero attached hydrogens (tertiary/aromatic N) is 2. The monoisotopic (exact) mass is 265 g/mol. The topological polar surface area (TPSA) is 50.1 Å². The molecule has 0 saturated heterocycles. The van der Waals surface area contributed by atoms with Crippen LogP contribution in [0.3, 0.4) is 0 Å². The van der Waals surface area contributed by atoms with Gasteiger partial charge in [0.15, 0.2) is 0 Å². The predicted molar refractivity (Wildman–Crippen MR) is 77.0 cm³/mol. The van der Waals surface area contributed by atoms with Gasteiger partial charge in [0.1, 0.15) is 0 Å². The molecule has 0 amide bonds. The van der Waals surface area contributed by atoms with Gasteiger partial charge in [0.05, 0.1) is 11.8 Å². The van der Waals surface area contributed by atoms with Gasteiger partial charge in [-0.25, -0.2) is 0 Å². The van der Waals surface area contributed by atoms with Gasteiger partial charge in [0, 0.05) is 30.9 Å². The Kier molecular flexibility index (Phi) is 4.99. The summed E-state index contributed by atoms with van der Waals surface area (Å²) < 4.78 is 1.94. The average molecular weight is 265 g/mol. The lowest BCUT2D eigenvalue weighted by Crippen LogP contribution is -2.41. The molecule has 2 N–H and O–H groups in total. The summed E-state index contributed by atoms with van der Waals surface area (Å²) in [6.45, 7) is 5.81. The summed E-state index contributed by atoms with van der Waals surface area (Å²) in [7, 11) is 0. The lowest BCUT2D eigenvalue weighted by molar-refractivity contribution is 0.0231. The third-order valence-electron chi connectivity index (χ3n) is 4.25. The normalized spacial score (nSPS) is 21.0. The van der Waals surface area contributed by atoms with Crippen LogP contribution in [0.5, 0.6) is 0 Å². The van der Waals surface area contributed by atoms with Gasteiger partial charge < -0.3 is 10.4 Å². The Morgan fingerprint density at radius 1 is 1.37 bits per heavy atom. The summed E-state index contributed by atoms with van der Waals surface area (Å²) >= 11 is 0. The van der Waals surface area contributed by atoms with Crippen molar-refractivity contribution in [2.75, 3.05) is 6.54 Å². The van der Waals surface area contributed by atoms with Crippen molar-refractivity contribution in [1.82, 2.24) is 15.1 Å². The van der Waals surface area contributed by atoms with E-state index in [0.29, 0.717) is 6.54 Å². The van der Waals surface area contributed by atoms with Gasteiger partial charge in [-0.2, -0.15) is 5.10 Å². The van der Waals surface area contributed by atoms with Crippen molar-refractivity contribution in [3.63, 3.8) is 0 Å². The zero-order valence-corrected chi connectivity index (χ0v) is 12.2. The Balaban J connectivity index is 1.86. The lowest BCUT2D eigenvalue weighted by atomic mass is 9.94. The van der Waals surface area contributed by atoms with Gasteiger partial charge in [-0.1, -0.05) is 25.7 Å². The molecule has 1 heterocycles. The molecule has 108 valence electrons. The summed E-state index contributed by atoms with van der Waals surface area (Å²) in [5.41, 5.74) is 0.685. The maximum atomic E-state index is 10.6. The minimum Gasteiger partial charge on any atom is -0.389 e. The van der Waals surface area contributed by atoms with Gasteiger partial charge in [-0.15, -0.1) is 0 Å². The minimum atomic E-state index is -0.508. The predicted octanol–water partition coefficient (Wildman–Crippen LogP) is 2.64. The second-order valence-corrected chi connectivity index (χ2v) is 5.87. The molecule has 19 heavy (non-hydrogen) atoms. The molecule has 1 fully saturated rings. The Morgan fingerprint density at radius 3 is 2.63 bits per heavy atom. The van der Waals surface area contributed by atoms with Crippen LogP contribution >= 0.6 is 0 Å². The second kappa shape index (κ2) is 6.53. The molecule has 1 aromatic rings. The van der Waals surface area contributed by atoms with E-state index in [-0.39, 0.29) is 6.04 Å². The zero-order valence-electron chi connectivity index (χ0n) is 12.2. The number of hydrogen-bond acceptors (Lipinski definition) is 3. The third-order valence-corrected chi connectivity index (χ3v) is 4.25. The van der Waals surface area contributed by atoms with Crippen LogP contribution in [0.1, 0.15) is 64.0 Å². The quantitative estimate of drug-likeness (QED) is 0.805. The van der Waals surface area contributed by atoms with Crippen LogP contribution in [0.2, 0.25) is 0 Å². The highest BCUT2D eigenvalue weighted by Crippen LogP contribution is 2.27. The molecule has 1 saturated carbocycles. The largest absolute Gasteiger partial charge is 0.389 e. The first-order valence-corrected chi connectivity index (χ1v) is 7.61. The van der Waals surface area contributed by atoms with Crippen molar-refractivity contribution in [3.8, 4) is 0 Å². The molecule has 1 unspecified atom stereocenters. The van der Waals surface area contributed by atoms with E-state index in [1.807, 2.05) is 10.9 Å². The van der Waals surface area contributed by atoms with E-state index in [1.165, 1.54) is 18.4 Å². The Morgan fingerprint density at radius 2 is 2.05 bits per heavy atom. The molecular weight excluding hydrogens is 238 g/mol. The number of nitrogens with one attached hydrogen (secondary N) is 1. The van der Waals surface area contributed by atoms with Crippen molar-refractivity contribution in [2.45, 2.75) is 70.6 Å². The molecule has 4 heteroatoms. The minimum absolute atomic E-state index is 0.243. The molecule has 1 aliphatic rings. The second-order valence-electron chi connectivity index (χ2n) is 5.87. The van der Waals surface area contributed by atoms with Gasteiger partial charge in [-0.3, -0.25) is 4.68 Å². The van der Waals surface area contributed by atoms with Crippen LogP contribution in [0.25, 0.3) is 0 Å². The highest BCUT2D eigenvalue weighted by molar-refractivity contribution is 5.09. The van der Waals surface area contributed by atoms with Gasteiger partial charge in [-0.05, 0) is 26.7 Å². The number of rotatable bonds is 5. The zero-order chi connectivity index (χ0) is 13.7. The third kappa shape index (κ3) is 4.05. The first kappa shape index (κ1) is 14.5. The maximum absolute atomic E-state index is 10.6. The van der Waals surface area contributed by atoms with Crippen LogP contribution in [0, 0.1) is 0 Å². The average Bonchev–Trinajstić information content (AvgIpc) is 2.79. The van der Waals surface area contributed by atoms with Gasteiger partial charge in [0.25, 0.3) is 0 Å². The van der Waals surface area contributed by atoms with Crippen molar-refractivity contribution < 1.29 is 5.11 Å². The van der Waals surface area contributed by atoms with Crippen LogP contribution in [0.4, 0.5) is 0 Å². The highest BCUT2D eigenvalue weighted by atomic mass is 16.3. The fourth-order valence-corrected chi connectivity index (χ4v) is 2.80. The molecule has 4 nitrogen and oxygen atoms in total. The molecule has 0 aromatic carbocycles. The summed E-state index contributed by atoms with van der Waals surface area (Å²) in [6.07, 6.45) is 10.7. The number of aromatic nitrogens is 2. The van der Waals surface area contributed by atoms with E-state index < -0.39 is 5.60 Å². The maximum Gasteiger partial charge on any atom is 0.0771 e. The molecule has 1 aromatic heterocycles. The lowest BCUT2D eigenvalue weighted by Gasteiger charge is -2.28. The van der Waals surface area contributed by atoms with Crippen molar-refractivity contribution in [3.05, 3.63) is 18.0 Å². The van der Waals surface area contributed by atoms with Crippen molar-refractivity contribution >= 4 is 0 Å². The summed E-state index contributed by atoms with van der Waals surface area (Å²) in [5.74, 6) is 0. The molecule has 0 spiro atoms. The van der Waals surface area contributed by atoms with Gasteiger partial charge in [0.2, 0.25) is 0 Å². The standard InChI is InChI=1S/C15H27N3O/c1-3-18-11-14(10-17-18)13(2)16-12-15(19)8-6-4-5-7-9-15/h10-11,13,16,19H,3-9,12H2,1-2H3. The van der Waals surface area contributed by atoms with E-state index in [2.05, 4.69) is 30.5 Å². The highest BCUT2D eigenvalue weighted by Gasteiger charge is 2.28. The van der Waals surface area contributed by atoms with E-state index >= 15 is 0 Å². The van der Waals surface area contributed by atoms with E-state index in [1.54, 1.807) is 0 Å². The van der Waals surface area contributed by atoms with Crippen LogP contribution in [-0.4, -0.2) is 27.0 Å². The summed E-state index contributed by atoms with van der Waals surface area (Å²) in [4.78, 5) is 0. The van der Waals surface area contributed by atoms with Crippen LogP contribution in [-0.2, 0) is 6.54 Å². The molecular formula is C15H27N3O. The van der Waals surface area contributed by atoms with Crippen molar-refractivity contribution in [1.29, 1.82) is 0 Å². The number of aliphatic hydroxyl groups is 1. The Bertz CT molecular complexity index is 380. The molecule has 2 rings (SSSR count). The molecule has 1 aliphatic carbocycles. The fraction of sp³-hybridized carbons (Fsp3) is 0.800. The van der Waals surface area contributed by atoms with E-state index in [4.69, 9.17) is 0 Å². The summed E-state index contributed by atoms with van der Waals surface area (Å²) in [5, 5.41) is 18.4. The fourth-order valence-electron chi connectivity index (χ4n) is 2.80. The molecule has 1 atom stereocenters. The van der Waals surface area contributed by atoms with Crippen LogP contribution < -0.4 is 5.32 Å². The smallest absolute Gasteiger partial charge is 0.0771 e. The Labute approximate surface area is 116 Å².